The first-order valence-electron chi connectivity index (χ1n) is 9.12. The monoisotopic (exact) mass is 408 g/mol. The van der Waals surface area contributed by atoms with Crippen molar-refractivity contribution in [3.05, 3.63) is 70.3 Å². The molecule has 0 radical (unpaired) electrons. The summed E-state index contributed by atoms with van der Waals surface area (Å²) in [6.07, 6.45) is 0. The van der Waals surface area contributed by atoms with Crippen LogP contribution in [-0.4, -0.2) is 35.0 Å². The Morgan fingerprint density at radius 1 is 1.23 bits per heavy atom. The summed E-state index contributed by atoms with van der Waals surface area (Å²) in [4.78, 5) is 51.0. The number of imide groups is 1. The molecule has 2 aromatic carbocycles. The first-order valence-corrected chi connectivity index (χ1v) is 9.12. The Hall–Kier alpha value is -4.08. The minimum atomic E-state index is -1.79. The van der Waals surface area contributed by atoms with Crippen LogP contribution in [0.25, 0.3) is 0 Å². The lowest BCUT2D eigenvalue weighted by Crippen LogP contribution is -2.48. The number of hydrogen-bond donors (Lipinski definition) is 1. The summed E-state index contributed by atoms with van der Waals surface area (Å²) in [5.41, 5.74) is 0.808. The molecule has 0 spiro atoms. The van der Waals surface area contributed by atoms with E-state index in [0.29, 0.717) is 5.69 Å². The molecule has 10 heteroatoms. The molecule has 30 heavy (non-hydrogen) atoms. The molecule has 0 aromatic heterocycles. The zero-order valence-electron chi connectivity index (χ0n) is 15.8. The number of nitro benzene ring substituents is 1. The van der Waals surface area contributed by atoms with Crippen molar-refractivity contribution in [2.45, 2.75) is 12.5 Å². The Bertz CT molecular complexity index is 1100. The highest BCUT2D eigenvalue weighted by molar-refractivity contribution is 6.47. The van der Waals surface area contributed by atoms with Crippen molar-refractivity contribution in [2.75, 3.05) is 11.5 Å². The van der Waals surface area contributed by atoms with Crippen molar-refractivity contribution in [3.8, 4) is 0 Å². The standard InChI is InChI=1S/C20H16N4O6/c1-2-30-18(26)16-15-17(25)23(13-8-4-3-5-9-13)19(27)20(15,22-21-16)12-7-6-10-14(11-12)24(28)29/h3-11,15,22H,2H2,1H3/t15-,20-/m0/s1. The van der Waals surface area contributed by atoms with Crippen molar-refractivity contribution in [1.82, 2.24) is 5.43 Å². The van der Waals surface area contributed by atoms with E-state index in [1.807, 2.05) is 0 Å². The quantitative estimate of drug-likeness (QED) is 0.343. The molecule has 2 heterocycles. The summed E-state index contributed by atoms with van der Waals surface area (Å²) >= 11 is 0. The number of nitrogens with one attached hydrogen (secondary N) is 1. The van der Waals surface area contributed by atoms with Crippen molar-refractivity contribution in [2.24, 2.45) is 11.0 Å². The Morgan fingerprint density at radius 2 is 1.97 bits per heavy atom. The number of ether oxygens (including phenoxy) is 1. The number of amides is 2. The smallest absolute Gasteiger partial charge is 0.355 e. The van der Waals surface area contributed by atoms with Gasteiger partial charge in [-0.3, -0.25) is 25.1 Å². The highest BCUT2D eigenvalue weighted by atomic mass is 16.6. The van der Waals surface area contributed by atoms with E-state index in [4.69, 9.17) is 4.74 Å². The molecule has 1 saturated heterocycles. The number of carbonyl (C=O) groups excluding carboxylic acids is 3. The van der Waals surface area contributed by atoms with Gasteiger partial charge in [-0.05, 0) is 24.6 Å². The topological polar surface area (TPSA) is 131 Å². The minimum absolute atomic E-state index is 0.0545. The van der Waals surface area contributed by atoms with Crippen LogP contribution in [0.3, 0.4) is 0 Å². The Morgan fingerprint density at radius 3 is 2.63 bits per heavy atom. The highest BCUT2D eigenvalue weighted by Crippen LogP contribution is 2.45. The normalized spacial score (nSPS) is 22.4. The Labute approximate surface area is 170 Å². The van der Waals surface area contributed by atoms with Gasteiger partial charge in [-0.2, -0.15) is 5.10 Å². The molecule has 1 fully saturated rings. The second kappa shape index (κ2) is 7.07. The van der Waals surface area contributed by atoms with E-state index < -0.39 is 34.2 Å². The van der Waals surface area contributed by atoms with Gasteiger partial charge in [0.25, 0.3) is 11.6 Å². The molecule has 2 aromatic rings. The maximum atomic E-state index is 13.6. The van der Waals surface area contributed by atoms with Gasteiger partial charge >= 0.3 is 5.97 Å². The lowest BCUT2D eigenvalue weighted by molar-refractivity contribution is -0.385. The third-order valence-electron chi connectivity index (χ3n) is 5.08. The van der Waals surface area contributed by atoms with Crippen LogP contribution in [0, 0.1) is 16.0 Å². The van der Waals surface area contributed by atoms with Crippen molar-refractivity contribution < 1.29 is 24.0 Å². The predicted molar refractivity (Wildman–Crippen MR) is 104 cm³/mol. The number of rotatable bonds is 5. The number of nitro groups is 1. The lowest BCUT2D eigenvalue weighted by Gasteiger charge is -2.26. The van der Waals surface area contributed by atoms with Crippen LogP contribution in [0.5, 0.6) is 0 Å². The molecular formula is C20H16N4O6. The lowest BCUT2D eigenvalue weighted by atomic mass is 9.78. The summed E-state index contributed by atoms with van der Waals surface area (Å²) in [7, 11) is 0. The van der Waals surface area contributed by atoms with Crippen LogP contribution >= 0.6 is 0 Å². The summed E-state index contributed by atoms with van der Waals surface area (Å²) in [5.74, 6) is -3.52. The number of carbonyl (C=O) groups is 3. The molecule has 1 N–H and O–H groups in total. The fraction of sp³-hybridized carbons (Fsp3) is 0.200. The second-order valence-electron chi connectivity index (χ2n) is 6.69. The SMILES string of the molecule is CCOC(=O)C1=NN[C@]2(c3cccc([N+](=O)[O-])c3)C(=O)N(c3ccccc3)C(=O)[C@H]12. The van der Waals surface area contributed by atoms with Crippen molar-refractivity contribution in [1.29, 1.82) is 0 Å². The number of nitrogens with zero attached hydrogens (tertiary/aromatic N) is 3. The number of hydrogen-bond acceptors (Lipinski definition) is 8. The van der Waals surface area contributed by atoms with E-state index in [0.717, 1.165) is 4.90 Å². The molecule has 0 aliphatic carbocycles. The van der Waals surface area contributed by atoms with E-state index in [2.05, 4.69) is 10.5 Å². The largest absolute Gasteiger partial charge is 0.461 e. The van der Waals surface area contributed by atoms with Crippen LogP contribution in [0.1, 0.15) is 12.5 Å². The summed E-state index contributed by atoms with van der Waals surface area (Å²) < 4.78 is 5.00. The molecule has 2 aliphatic rings. The third-order valence-corrected chi connectivity index (χ3v) is 5.08. The van der Waals surface area contributed by atoms with Crippen LogP contribution < -0.4 is 10.3 Å². The van der Waals surface area contributed by atoms with Gasteiger partial charge in [0.05, 0.1) is 17.2 Å². The molecule has 2 amide bonds. The second-order valence-corrected chi connectivity index (χ2v) is 6.69. The van der Waals surface area contributed by atoms with E-state index in [1.165, 1.54) is 24.3 Å². The molecule has 0 saturated carbocycles. The molecule has 10 nitrogen and oxygen atoms in total. The fourth-order valence-electron chi connectivity index (χ4n) is 3.77. The number of anilines is 1. The van der Waals surface area contributed by atoms with E-state index in [9.17, 15) is 24.5 Å². The Balaban J connectivity index is 1.89. The zero-order chi connectivity index (χ0) is 21.5. The number of non-ortho nitro benzene ring substituents is 1. The molecule has 2 aliphatic heterocycles. The number of benzene rings is 2. The van der Waals surface area contributed by atoms with Gasteiger partial charge in [0.2, 0.25) is 5.91 Å². The van der Waals surface area contributed by atoms with Crippen LogP contribution in [0.15, 0.2) is 59.7 Å². The highest BCUT2D eigenvalue weighted by Gasteiger charge is 2.67. The predicted octanol–water partition coefficient (Wildman–Crippen LogP) is 1.50. The van der Waals surface area contributed by atoms with Gasteiger partial charge in [0.1, 0.15) is 5.92 Å². The summed E-state index contributed by atoms with van der Waals surface area (Å²) in [5, 5.41) is 15.2. The van der Waals surface area contributed by atoms with Gasteiger partial charge in [-0.15, -0.1) is 0 Å². The van der Waals surface area contributed by atoms with Crippen molar-refractivity contribution >= 4 is 34.9 Å². The number of hydrazone groups is 1. The van der Waals surface area contributed by atoms with Gasteiger partial charge in [0, 0.05) is 12.1 Å². The molecule has 0 bridgehead atoms. The number of esters is 1. The molecular weight excluding hydrogens is 392 g/mol. The third kappa shape index (κ3) is 2.65. The van der Waals surface area contributed by atoms with E-state index in [-0.39, 0.29) is 23.6 Å². The van der Waals surface area contributed by atoms with Gasteiger partial charge in [-0.25, -0.2) is 9.69 Å². The van der Waals surface area contributed by atoms with Gasteiger partial charge in [-0.1, -0.05) is 30.3 Å². The molecule has 2 atom stereocenters. The van der Waals surface area contributed by atoms with E-state index in [1.54, 1.807) is 37.3 Å². The van der Waals surface area contributed by atoms with Crippen LogP contribution in [0.4, 0.5) is 11.4 Å². The van der Waals surface area contributed by atoms with Gasteiger partial charge in [0.15, 0.2) is 11.3 Å². The molecule has 152 valence electrons. The van der Waals surface area contributed by atoms with Gasteiger partial charge < -0.3 is 4.74 Å². The Kier molecular flexibility index (Phi) is 4.53. The summed E-state index contributed by atoms with van der Waals surface area (Å²) in [6.45, 7) is 1.66. The van der Waals surface area contributed by atoms with Crippen LogP contribution in [0.2, 0.25) is 0 Å². The average molecular weight is 408 g/mol. The molecule has 0 unspecified atom stereocenters. The minimum Gasteiger partial charge on any atom is -0.461 e. The van der Waals surface area contributed by atoms with Crippen LogP contribution in [-0.2, 0) is 24.7 Å². The average Bonchev–Trinajstić information content (AvgIpc) is 3.25. The summed E-state index contributed by atoms with van der Waals surface area (Å²) in [6, 6.07) is 13.6. The first-order chi connectivity index (χ1) is 14.4. The number of para-hydroxylation sites is 1. The number of fused-ring (bicyclic) bond motifs is 1. The fourth-order valence-corrected chi connectivity index (χ4v) is 3.77. The zero-order valence-corrected chi connectivity index (χ0v) is 15.8. The maximum absolute atomic E-state index is 13.6. The van der Waals surface area contributed by atoms with E-state index >= 15 is 0 Å². The maximum Gasteiger partial charge on any atom is 0.355 e. The first kappa shape index (κ1) is 19.2. The van der Waals surface area contributed by atoms with Crippen molar-refractivity contribution in [3.63, 3.8) is 0 Å². The molecule has 4 rings (SSSR count).